The van der Waals surface area contributed by atoms with Crippen LogP contribution in [0.1, 0.15) is 57.1 Å². The minimum Gasteiger partial charge on any atom is -0.396 e. The van der Waals surface area contributed by atoms with Crippen LogP contribution in [0.2, 0.25) is 0 Å². The third-order valence-electron chi connectivity index (χ3n) is 5.13. The van der Waals surface area contributed by atoms with E-state index in [0.29, 0.717) is 12.0 Å². The van der Waals surface area contributed by atoms with Gasteiger partial charge in [-0.15, -0.1) is 5.10 Å². The van der Waals surface area contributed by atoms with Gasteiger partial charge in [0.2, 0.25) is 0 Å². The fourth-order valence-electron chi connectivity index (χ4n) is 3.74. The molecule has 130 valence electrons. The van der Waals surface area contributed by atoms with E-state index in [2.05, 4.69) is 39.9 Å². The summed E-state index contributed by atoms with van der Waals surface area (Å²) in [5.74, 6) is 0.689. The Hall–Kier alpha value is -1.79. The van der Waals surface area contributed by atoms with E-state index in [0.717, 1.165) is 12.1 Å². The Morgan fingerprint density at radius 3 is 2.58 bits per heavy atom. The molecule has 0 aliphatic heterocycles. The minimum absolute atomic E-state index is 0.249. The highest BCUT2D eigenvalue weighted by atomic mass is 16.3. The molecule has 0 radical (unpaired) electrons. The molecular weight excluding hydrogens is 302 g/mol. The fraction of sp³-hybridized carbons (Fsp3) is 0.611. The second kappa shape index (κ2) is 8.35. The molecule has 6 heteroatoms. The van der Waals surface area contributed by atoms with Gasteiger partial charge in [0.15, 0.2) is 0 Å². The molecule has 2 atom stereocenters. The first-order valence-corrected chi connectivity index (χ1v) is 8.98. The lowest BCUT2D eigenvalue weighted by Gasteiger charge is -2.33. The van der Waals surface area contributed by atoms with Gasteiger partial charge in [0.1, 0.15) is 6.33 Å². The first-order chi connectivity index (χ1) is 11.8. The van der Waals surface area contributed by atoms with E-state index < -0.39 is 0 Å². The zero-order valence-electron chi connectivity index (χ0n) is 14.3. The molecule has 1 aromatic heterocycles. The van der Waals surface area contributed by atoms with Crippen molar-refractivity contribution in [3.8, 4) is 5.69 Å². The standard InChI is InChI=1S/C18H27N5O/c1-14(20-18(11-12-24)16-5-3-2-4-6-16)15-7-9-17(10-8-15)23-13-19-21-22-23/h7-10,13-14,16,18,20,24H,2-6,11-12H2,1H3. The smallest absolute Gasteiger partial charge is 0.143 e. The fourth-order valence-corrected chi connectivity index (χ4v) is 3.74. The molecule has 1 aliphatic rings. The van der Waals surface area contributed by atoms with E-state index in [1.807, 2.05) is 12.1 Å². The van der Waals surface area contributed by atoms with Crippen molar-refractivity contribution in [3.63, 3.8) is 0 Å². The minimum atomic E-state index is 0.249. The number of benzene rings is 1. The van der Waals surface area contributed by atoms with Gasteiger partial charge in [-0.05, 0) is 60.2 Å². The van der Waals surface area contributed by atoms with Crippen LogP contribution in [0.25, 0.3) is 5.69 Å². The number of hydrogen-bond donors (Lipinski definition) is 2. The number of aliphatic hydroxyl groups excluding tert-OH is 1. The highest BCUT2D eigenvalue weighted by Gasteiger charge is 2.24. The molecule has 2 aromatic rings. The Labute approximate surface area is 143 Å². The zero-order chi connectivity index (χ0) is 16.8. The number of nitrogens with one attached hydrogen (secondary N) is 1. The Bertz CT molecular complexity index is 592. The second-order valence-electron chi connectivity index (χ2n) is 6.75. The summed E-state index contributed by atoms with van der Waals surface area (Å²) in [4.78, 5) is 0. The molecule has 1 aliphatic carbocycles. The van der Waals surface area contributed by atoms with Gasteiger partial charge >= 0.3 is 0 Å². The molecule has 1 fully saturated rings. The van der Waals surface area contributed by atoms with Gasteiger partial charge in [0, 0.05) is 18.7 Å². The maximum absolute atomic E-state index is 9.43. The topological polar surface area (TPSA) is 75.9 Å². The van der Waals surface area contributed by atoms with Crippen molar-refractivity contribution in [2.75, 3.05) is 6.61 Å². The lowest BCUT2D eigenvalue weighted by atomic mass is 9.82. The normalized spacial score (nSPS) is 18.4. The highest BCUT2D eigenvalue weighted by molar-refractivity contribution is 5.34. The Morgan fingerprint density at radius 2 is 1.96 bits per heavy atom. The Morgan fingerprint density at radius 1 is 1.21 bits per heavy atom. The average molecular weight is 329 g/mol. The molecule has 6 nitrogen and oxygen atoms in total. The predicted octanol–water partition coefficient (Wildman–Crippen LogP) is 2.64. The van der Waals surface area contributed by atoms with Crippen molar-refractivity contribution in [2.24, 2.45) is 5.92 Å². The molecule has 3 rings (SSSR count). The van der Waals surface area contributed by atoms with Crippen molar-refractivity contribution in [1.29, 1.82) is 0 Å². The van der Waals surface area contributed by atoms with Gasteiger partial charge in [-0.2, -0.15) is 0 Å². The molecular formula is C18H27N5O. The van der Waals surface area contributed by atoms with Crippen molar-refractivity contribution >= 4 is 0 Å². The molecule has 0 bridgehead atoms. The maximum Gasteiger partial charge on any atom is 0.143 e. The largest absolute Gasteiger partial charge is 0.396 e. The molecule has 0 spiro atoms. The first kappa shape index (κ1) is 17.0. The van der Waals surface area contributed by atoms with Crippen molar-refractivity contribution in [2.45, 2.75) is 57.5 Å². The van der Waals surface area contributed by atoms with Crippen molar-refractivity contribution < 1.29 is 5.11 Å². The van der Waals surface area contributed by atoms with E-state index in [1.54, 1.807) is 11.0 Å². The molecule has 2 N–H and O–H groups in total. The van der Waals surface area contributed by atoms with Crippen LogP contribution in [0.5, 0.6) is 0 Å². The number of nitrogens with zero attached hydrogens (tertiary/aromatic N) is 4. The van der Waals surface area contributed by atoms with Crippen LogP contribution in [-0.4, -0.2) is 38.0 Å². The number of aliphatic hydroxyl groups is 1. The monoisotopic (exact) mass is 329 g/mol. The van der Waals surface area contributed by atoms with Gasteiger partial charge in [-0.3, -0.25) is 0 Å². The molecule has 24 heavy (non-hydrogen) atoms. The summed E-state index contributed by atoms with van der Waals surface area (Å²) in [6.07, 6.45) is 8.99. The van der Waals surface area contributed by atoms with Crippen LogP contribution in [0, 0.1) is 5.92 Å². The average Bonchev–Trinajstić information content (AvgIpc) is 3.17. The summed E-state index contributed by atoms with van der Waals surface area (Å²) < 4.78 is 1.65. The quantitative estimate of drug-likeness (QED) is 0.817. The summed E-state index contributed by atoms with van der Waals surface area (Å²) in [6.45, 7) is 2.44. The number of hydrogen-bond acceptors (Lipinski definition) is 5. The first-order valence-electron chi connectivity index (χ1n) is 8.98. The number of tetrazole rings is 1. The highest BCUT2D eigenvalue weighted by Crippen LogP contribution is 2.29. The van der Waals surface area contributed by atoms with Gasteiger partial charge < -0.3 is 10.4 Å². The van der Waals surface area contributed by atoms with Gasteiger partial charge in [-0.25, -0.2) is 4.68 Å². The third-order valence-corrected chi connectivity index (χ3v) is 5.13. The SMILES string of the molecule is CC(NC(CCO)C1CCCCC1)c1ccc(-n2cnnn2)cc1. The Kier molecular flexibility index (Phi) is 5.93. The molecule has 1 saturated carbocycles. The van der Waals surface area contributed by atoms with Crippen LogP contribution < -0.4 is 5.32 Å². The predicted molar refractivity (Wildman–Crippen MR) is 92.8 cm³/mol. The molecule has 2 unspecified atom stereocenters. The van der Waals surface area contributed by atoms with Crippen LogP contribution in [0.3, 0.4) is 0 Å². The second-order valence-corrected chi connectivity index (χ2v) is 6.75. The van der Waals surface area contributed by atoms with Crippen LogP contribution in [0.15, 0.2) is 30.6 Å². The number of rotatable bonds is 7. The van der Waals surface area contributed by atoms with Gasteiger partial charge in [-0.1, -0.05) is 31.4 Å². The molecule has 1 heterocycles. The lowest BCUT2D eigenvalue weighted by Crippen LogP contribution is -2.39. The molecule has 0 saturated heterocycles. The molecule has 0 amide bonds. The van der Waals surface area contributed by atoms with Crippen molar-refractivity contribution in [1.82, 2.24) is 25.5 Å². The Balaban J connectivity index is 1.64. The summed E-state index contributed by atoms with van der Waals surface area (Å²) in [6, 6.07) is 8.95. The summed E-state index contributed by atoms with van der Waals surface area (Å²) in [5.41, 5.74) is 2.20. The van der Waals surface area contributed by atoms with E-state index in [1.165, 1.54) is 37.7 Å². The number of aromatic nitrogens is 4. The van der Waals surface area contributed by atoms with Crippen molar-refractivity contribution in [3.05, 3.63) is 36.2 Å². The van der Waals surface area contributed by atoms with E-state index in [9.17, 15) is 5.11 Å². The lowest BCUT2D eigenvalue weighted by molar-refractivity contribution is 0.198. The third kappa shape index (κ3) is 4.19. The van der Waals surface area contributed by atoms with Gasteiger partial charge in [0.05, 0.1) is 5.69 Å². The van der Waals surface area contributed by atoms with E-state index >= 15 is 0 Å². The van der Waals surface area contributed by atoms with Gasteiger partial charge in [0.25, 0.3) is 0 Å². The van der Waals surface area contributed by atoms with Crippen LogP contribution in [0.4, 0.5) is 0 Å². The van der Waals surface area contributed by atoms with Crippen LogP contribution >= 0.6 is 0 Å². The van der Waals surface area contributed by atoms with E-state index in [4.69, 9.17) is 0 Å². The maximum atomic E-state index is 9.43. The summed E-state index contributed by atoms with van der Waals surface area (Å²) >= 11 is 0. The van der Waals surface area contributed by atoms with Crippen LogP contribution in [-0.2, 0) is 0 Å². The summed E-state index contributed by atoms with van der Waals surface area (Å²) in [5, 5.41) is 24.4. The molecule has 1 aromatic carbocycles. The van der Waals surface area contributed by atoms with E-state index in [-0.39, 0.29) is 12.6 Å². The summed E-state index contributed by atoms with van der Waals surface area (Å²) in [7, 11) is 0. The zero-order valence-corrected chi connectivity index (χ0v) is 14.3.